The molecule has 11 nitrogen and oxygen atoms in total. The Bertz CT molecular complexity index is 846. The molecule has 1 atom stereocenters. The number of amides is 1. The average Bonchev–Trinajstić information content (AvgIpc) is 2.95. The number of nitrogens with zero attached hydrogens (tertiary/aromatic N) is 4. The molecule has 1 amide bonds. The van der Waals surface area contributed by atoms with Gasteiger partial charge in [-0.05, 0) is 13.8 Å². The summed E-state index contributed by atoms with van der Waals surface area (Å²) in [5.74, 6) is -0.327. The molecule has 0 saturated carbocycles. The molecule has 0 aliphatic rings. The van der Waals surface area contributed by atoms with Crippen molar-refractivity contribution in [2.24, 2.45) is 0 Å². The molecule has 11 heteroatoms. The number of methoxy groups -OCH3 is 1. The Hall–Kier alpha value is -3.50. The van der Waals surface area contributed by atoms with Gasteiger partial charge in [0.2, 0.25) is 5.91 Å². The Morgan fingerprint density at radius 2 is 1.96 bits per heavy atom. The van der Waals surface area contributed by atoms with Crippen molar-refractivity contribution < 1.29 is 19.4 Å². The molecule has 1 N–H and O–H groups in total. The van der Waals surface area contributed by atoms with Gasteiger partial charge in [-0.3, -0.25) is 29.7 Å². The molecule has 1 heterocycles. The number of nitrogens with one attached hydrogen (secondary N) is 1. The fourth-order valence-corrected chi connectivity index (χ4v) is 2.22. The fraction of sp³-hybridized carbons (Fsp3) is 0.286. The van der Waals surface area contributed by atoms with Crippen LogP contribution in [0.3, 0.4) is 0 Å². The van der Waals surface area contributed by atoms with Crippen LogP contribution >= 0.6 is 0 Å². The first kappa shape index (κ1) is 17.8. The number of hydrogen-bond donors (Lipinski definition) is 1. The van der Waals surface area contributed by atoms with E-state index in [4.69, 9.17) is 4.74 Å². The largest absolute Gasteiger partial charge is 0.496 e. The summed E-state index contributed by atoms with van der Waals surface area (Å²) in [5, 5.41) is 28.2. The molecule has 1 aromatic carbocycles. The fourth-order valence-electron chi connectivity index (χ4n) is 2.22. The van der Waals surface area contributed by atoms with E-state index in [1.54, 1.807) is 0 Å². The van der Waals surface area contributed by atoms with Gasteiger partial charge in [-0.2, -0.15) is 5.10 Å². The van der Waals surface area contributed by atoms with Crippen molar-refractivity contribution in [3.8, 4) is 5.75 Å². The lowest BCUT2D eigenvalue weighted by Crippen LogP contribution is -2.25. The molecule has 1 aromatic heterocycles. The van der Waals surface area contributed by atoms with E-state index in [0.717, 1.165) is 6.20 Å². The third-order valence-corrected chi connectivity index (χ3v) is 3.57. The van der Waals surface area contributed by atoms with Crippen molar-refractivity contribution in [2.75, 3.05) is 12.4 Å². The van der Waals surface area contributed by atoms with Crippen molar-refractivity contribution in [1.82, 2.24) is 9.78 Å². The highest BCUT2D eigenvalue weighted by Gasteiger charge is 2.24. The van der Waals surface area contributed by atoms with Gasteiger partial charge in [0.05, 0.1) is 28.7 Å². The minimum Gasteiger partial charge on any atom is -0.496 e. The predicted molar refractivity (Wildman–Crippen MR) is 86.6 cm³/mol. The Labute approximate surface area is 141 Å². The molecule has 132 valence electrons. The molecule has 1 unspecified atom stereocenters. The summed E-state index contributed by atoms with van der Waals surface area (Å²) in [4.78, 5) is 33.0. The van der Waals surface area contributed by atoms with Crippen LogP contribution in [0.1, 0.15) is 18.7 Å². The topological polar surface area (TPSA) is 142 Å². The van der Waals surface area contributed by atoms with Crippen LogP contribution in [-0.2, 0) is 4.79 Å². The van der Waals surface area contributed by atoms with Crippen molar-refractivity contribution in [3.63, 3.8) is 0 Å². The zero-order chi connectivity index (χ0) is 18.7. The van der Waals surface area contributed by atoms with E-state index < -0.39 is 21.8 Å². The highest BCUT2D eigenvalue weighted by molar-refractivity contribution is 5.94. The third kappa shape index (κ3) is 3.71. The summed E-state index contributed by atoms with van der Waals surface area (Å²) >= 11 is 0. The van der Waals surface area contributed by atoms with Gasteiger partial charge < -0.3 is 10.1 Å². The van der Waals surface area contributed by atoms with E-state index in [-0.39, 0.29) is 28.5 Å². The Balaban J connectivity index is 2.26. The van der Waals surface area contributed by atoms with E-state index in [2.05, 4.69) is 10.4 Å². The molecule has 0 aliphatic heterocycles. The SMILES string of the molecule is COc1cc(NC(=O)C(C)n2ncc([N+](=O)[O-])c2C)cc([N+](=O)[O-])c1. The van der Waals surface area contributed by atoms with Crippen LogP contribution in [0.5, 0.6) is 5.75 Å². The van der Waals surface area contributed by atoms with E-state index in [1.165, 1.54) is 43.8 Å². The van der Waals surface area contributed by atoms with Gasteiger partial charge in [-0.25, -0.2) is 0 Å². The van der Waals surface area contributed by atoms with Crippen molar-refractivity contribution in [2.45, 2.75) is 19.9 Å². The minimum absolute atomic E-state index is 0.169. The number of ether oxygens (including phenoxy) is 1. The zero-order valence-corrected chi connectivity index (χ0v) is 13.6. The minimum atomic E-state index is -0.862. The molecule has 0 radical (unpaired) electrons. The Morgan fingerprint density at radius 3 is 2.48 bits per heavy atom. The first-order valence-corrected chi connectivity index (χ1v) is 7.07. The van der Waals surface area contributed by atoms with Gasteiger partial charge in [0.15, 0.2) is 0 Å². The molecule has 25 heavy (non-hydrogen) atoms. The van der Waals surface area contributed by atoms with E-state index in [9.17, 15) is 25.0 Å². The normalized spacial score (nSPS) is 11.6. The number of nitro groups is 2. The summed E-state index contributed by atoms with van der Waals surface area (Å²) in [6, 6.07) is 2.97. The standard InChI is InChI=1S/C14H15N5O6/c1-8-13(19(23)24)7-15-17(8)9(2)14(20)16-10-4-11(18(21)22)6-12(5-10)25-3/h4-7,9H,1-3H3,(H,16,20). The summed E-state index contributed by atoms with van der Waals surface area (Å²) < 4.78 is 6.18. The lowest BCUT2D eigenvalue weighted by molar-refractivity contribution is -0.385. The molecular weight excluding hydrogens is 334 g/mol. The third-order valence-electron chi connectivity index (χ3n) is 3.57. The average molecular weight is 349 g/mol. The van der Waals surface area contributed by atoms with Crippen molar-refractivity contribution in [3.05, 3.63) is 50.3 Å². The predicted octanol–water partition coefficient (Wildman–Crippen LogP) is 2.22. The van der Waals surface area contributed by atoms with Crippen LogP contribution in [0.15, 0.2) is 24.4 Å². The first-order chi connectivity index (χ1) is 11.7. The Kier molecular flexibility index (Phi) is 4.96. The molecule has 0 aliphatic carbocycles. The number of hydrogen-bond acceptors (Lipinski definition) is 7. The van der Waals surface area contributed by atoms with Gasteiger partial charge in [0, 0.05) is 12.1 Å². The maximum absolute atomic E-state index is 12.4. The number of carbonyl (C=O) groups is 1. The van der Waals surface area contributed by atoms with Crippen LogP contribution < -0.4 is 10.1 Å². The Morgan fingerprint density at radius 1 is 1.28 bits per heavy atom. The van der Waals surface area contributed by atoms with Crippen LogP contribution in [0.2, 0.25) is 0 Å². The summed E-state index contributed by atoms with van der Waals surface area (Å²) in [6.45, 7) is 2.99. The van der Waals surface area contributed by atoms with Crippen molar-refractivity contribution in [1.29, 1.82) is 0 Å². The maximum atomic E-state index is 12.4. The second-order valence-corrected chi connectivity index (χ2v) is 5.16. The van der Waals surface area contributed by atoms with E-state index in [0.29, 0.717) is 0 Å². The smallest absolute Gasteiger partial charge is 0.309 e. The van der Waals surface area contributed by atoms with Crippen molar-refractivity contribution >= 4 is 23.0 Å². The molecule has 2 rings (SSSR count). The monoisotopic (exact) mass is 349 g/mol. The van der Waals surface area contributed by atoms with Crippen LogP contribution in [0.4, 0.5) is 17.1 Å². The van der Waals surface area contributed by atoms with Crippen LogP contribution in [0.25, 0.3) is 0 Å². The number of rotatable bonds is 6. The van der Waals surface area contributed by atoms with E-state index in [1.807, 2.05) is 0 Å². The number of carbonyl (C=O) groups excluding carboxylic acids is 1. The lowest BCUT2D eigenvalue weighted by atomic mass is 10.2. The quantitative estimate of drug-likeness (QED) is 0.622. The van der Waals surface area contributed by atoms with Crippen LogP contribution in [-0.4, -0.2) is 32.6 Å². The summed E-state index contributed by atoms with van der Waals surface area (Å²) in [7, 11) is 1.35. The number of anilines is 1. The van der Waals surface area contributed by atoms with Crippen LogP contribution in [0, 0.1) is 27.2 Å². The number of nitro benzene ring substituents is 1. The maximum Gasteiger partial charge on any atom is 0.309 e. The van der Waals surface area contributed by atoms with Gasteiger partial charge in [-0.15, -0.1) is 0 Å². The van der Waals surface area contributed by atoms with Gasteiger partial charge in [-0.1, -0.05) is 0 Å². The number of aromatic nitrogens is 2. The molecular formula is C14H15N5O6. The summed E-state index contributed by atoms with van der Waals surface area (Å²) in [5.41, 5.74) is -0.0450. The molecule has 2 aromatic rings. The van der Waals surface area contributed by atoms with Gasteiger partial charge >= 0.3 is 5.69 Å². The van der Waals surface area contributed by atoms with E-state index >= 15 is 0 Å². The molecule has 0 spiro atoms. The second kappa shape index (κ2) is 6.95. The lowest BCUT2D eigenvalue weighted by Gasteiger charge is -2.14. The number of non-ortho nitro benzene ring substituents is 1. The summed E-state index contributed by atoms with van der Waals surface area (Å²) in [6.07, 6.45) is 1.06. The number of benzene rings is 1. The first-order valence-electron chi connectivity index (χ1n) is 7.07. The molecule has 0 fully saturated rings. The van der Waals surface area contributed by atoms with Gasteiger partial charge in [0.1, 0.15) is 23.7 Å². The molecule has 0 saturated heterocycles. The van der Waals surface area contributed by atoms with Gasteiger partial charge in [0.25, 0.3) is 5.69 Å². The zero-order valence-electron chi connectivity index (χ0n) is 13.6. The molecule has 0 bridgehead atoms. The second-order valence-electron chi connectivity index (χ2n) is 5.16. The highest BCUT2D eigenvalue weighted by Crippen LogP contribution is 2.27. The highest BCUT2D eigenvalue weighted by atomic mass is 16.6.